The van der Waals surface area contributed by atoms with Crippen molar-refractivity contribution >= 4 is 16.9 Å². The van der Waals surface area contributed by atoms with Gasteiger partial charge in [-0.15, -0.1) is 0 Å². The molecule has 0 atom stereocenters. The number of rotatable bonds is 3. The van der Waals surface area contributed by atoms with Crippen molar-refractivity contribution in [2.24, 2.45) is 7.05 Å². The smallest absolute Gasteiger partial charge is 0.251 e. The highest BCUT2D eigenvalue weighted by Crippen LogP contribution is 2.26. The zero-order valence-corrected chi connectivity index (χ0v) is 14.4. The third-order valence-electron chi connectivity index (χ3n) is 4.96. The highest BCUT2D eigenvalue weighted by atomic mass is 16.1. The van der Waals surface area contributed by atoms with Crippen LogP contribution >= 0.6 is 0 Å². The lowest BCUT2D eigenvalue weighted by molar-refractivity contribution is 0.0927. The molecular formula is C20H22N4O. The quantitative estimate of drug-likeness (QED) is 0.794. The van der Waals surface area contributed by atoms with E-state index >= 15 is 0 Å². The monoisotopic (exact) mass is 334 g/mol. The van der Waals surface area contributed by atoms with Crippen LogP contribution in [0.3, 0.4) is 0 Å². The number of nitrogens with zero attached hydrogens (tertiary/aromatic N) is 3. The molecule has 0 saturated heterocycles. The number of aromatic nitrogens is 3. The first-order chi connectivity index (χ1) is 12.2. The predicted octanol–water partition coefficient (Wildman–Crippen LogP) is 3.70. The molecule has 3 aromatic rings. The van der Waals surface area contributed by atoms with Gasteiger partial charge < -0.3 is 5.32 Å². The molecule has 0 aliphatic heterocycles. The van der Waals surface area contributed by atoms with Crippen LogP contribution in [0.25, 0.3) is 22.3 Å². The molecule has 1 fully saturated rings. The molecule has 5 heteroatoms. The Labute approximate surface area is 147 Å². The summed E-state index contributed by atoms with van der Waals surface area (Å²) in [5.41, 5.74) is 3.45. The first-order valence-electron chi connectivity index (χ1n) is 8.91. The van der Waals surface area contributed by atoms with E-state index < -0.39 is 0 Å². The summed E-state index contributed by atoms with van der Waals surface area (Å²) in [4.78, 5) is 16.8. The normalized spacial score (nSPS) is 15.4. The van der Waals surface area contributed by atoms with Crippen molar-refractivity contribution < 1.29 is 4.79 Å². The molecule has 2 heterocycles. The fraction of sp³-hybridized carbons (Fsp3) is 0.350. The molecule has 2 aromatic heterocycles. The third-order valence-corrected chi connectivity index (χ3v) is 4.96. The molecule has 1 aliphatic carbocycles. The maximum absolute atomic E-state index is 12.4. The molecule has 0 unspecified atom stereocenters. The lowest BCUT2D eigenvalue weighted by Gasteiger charge is -2.22. The zero-order chi connectivity index (χ0) is 17.2. The fourth-order valence-corrected chi connectivity index (χ4v) is 3.60. The molecule has 1 aromatic carbocycles. The Balaban J connectivity index is 1.56. The van der Waals surface area contributed by atoms with E-state index in [1.807, 2.05) is 43.4 Å². The Morgan fingerprint density at radius 3 is 2.64 bits per heavy atom. The van der Waals surface area contributed by atoms with Gasteiger partial charge >= 0.3 is 0 Å². The Morgan fingerprint density at radius 1 is 1.12 bits per heavy atom. The first kappa shape index (κ1) is 15.8. The molecule has 0 spiro atoms. The summed E-state index contributed by atoms with van der Waals surface area (Å²) < 4.78 is 1.79. The lowest BCUT2D eigenvalue weighted by Crippen LogP contribution is -2.36. The molecule has 0 bridgehead atoms. The van der Waals surface area contributed by atoms with Crippen molar-refractivity contribution in [3.05, 3.63) is 48.2 Å². The van der Waals surface area contributed by atoms with Crippen molar-refractivity contribution in [3.8, 4) is 11.3 Å². The van der Waals surface area contributed by atoms with Crippen LogP contribution in [0.2, 0.25) is 0 Å². The molecule has 1 amide bonds. The van der Waals surface area contributed by atoms with E-state index in [2.05, 4.69) is 15.4 Å². The number of hydrogen-bond donors (Lipinski definition) is 1. The standard InChI is InChI=1S/C20H22N4O/c1-24-19-17(8-5-13-21-19)18(23-24)14-9-11-15(12-10-14)20(25)22-16-6-3-2-4-7-16/h5,8-13,16H,2-4,6-7H2,1H3,(H,22,25). The maximum Gasteiger partial charge on any atom is 0.251 e. The minimum absolute atomic E-state index is 0.0194. The van der Waals surface area contributed by atoms with Gasteiger partial charge in [-0.2, -0.15) is 5.10 Å². The van der Waals surface area contributed by atoms with Gasteiger partial charge in [0.25, 0.3) is 5.91 Å². The third kappa shape index (κ3) is 3.14. The minimum Gasteiger partial charge on any atom is -0.349 e. The summed E-state index contributed by atoms with van der Waals surface area (Å²) >= 11 is 0. The van der Waals surface area contributed by atoms with Gasteiger partial charge in [-0.3, -0.25) is 4.79 Å². The molecule has 1 saturated carbocycles. The maximum atomic E-state index is 12.4. The summed E-state index contributed by atoms with van der Waals surface area (Å²) in [5.74, 6) is 0.0194. The van der Waals surface area contributed by atoms with Crippen LogP contribution in [-0.4, -0.2) is 26.7 Å². The fourth-order valence-electron chi connectivity index (χ4n) is 3.60. The summed E-state index contributed by atoms with van der Waals surface area (Å²) in [5, 5.41) is 8.76. The van der Waals surface area contributed by atoms with Crippen molar-refractivity contribution in [1.82, 2.24) is 20.1 Å². The predicted molar refractivity (Wildman–Crippen MR) is 98.3 cm³/mol. The summed E-state index contributed by atoms with van der Waals surface area (Å²) in [6.07, 6.45) is 7.67. The second-order valence-electron chi connectivity index (χ2n) is 6.73. The second-order valence-corrected chi connectivity index (χ2v) is 6.73. The lowest BCUT2D eigenvalue weighted by atomic mass is 9.95. The molecule has 128 valence electrons. The molecule has 0 radical (unpaired) electrons. The van der Waals surface area contributed by atoms with Crippen molar-refractivity contribution in [2.75, 3.05) is 0 Å². The van der Waals surface area contributed by atoms with Gasteiger partial charge in [-0.25, -0.2) is 9.67 Å². The van der Waals surface area contributed by atoms with E-state index in [-0.39, 0.29) is 5.91 Å². The van der Waals surface area contributed by atoms with E-state index in [0.29, 0.717) is 11.6 Å². The van der Waals surface area contributed by atoms with Gasteiger partial charge in [-0.1, -0.05) is 31.4 Å². The minimum atomic E-state index is 0.0194. The highest BCUT2D eigenvalue weighted by molar-refractivity contribution is 5.96. The average Bonchev–Trinajstić information content (AvgIpc) is 3.00. The van der Waals surface area contributed by atoms with E-state index in [9.17, 15) is 4.79 Å². The Hall–Kier alpha value is -2.69. The van der Waals surface area contributed by atoms with Gasteiger partial charge in [0.15, 0.2) is 5.65 Å². The van der Waals surface area contributed by atoms with Crippen molar-refractivity contribution in [1.29, 1.82) is 0 Å². The van der Waals surface area contributed by atoms with Crippen LogP contribution in [0, 0.1) is 0 Å². The molecule has 1 N–H and O–H groups in total. The summed E-state index contributed by atoms with van der Waals surface area (Å²) in [6, 6.07) is 11.9. The van der Waals surface area contributed by atoms with E-state index in [4.69, 9.17) is 0 Å². The number of nitrogens with one attached hydrogen (secondary N) is 1. The highest BCUT2D eigenvalue weighted by Gasteiger charge is 2.17. The zero-order valence-electron chi connectivity index (χ0n) is 14.4. The average molecular weight is 334 g/mol. The van der Waals surface area contributed by atoms with E-state index in [0.717, 1.165) is 35.1 Å². The van der Waals surface area contributed by atoms with E-state index in [1.54, 1.807) is 10.9 Å². The Morgan fingerprint density at radius 2 is 1.88 bits per heavy atom. The number of amides is 1. The van der Waals surface area contributed by atoms with E-state index in [1.165, 1.54) is 19.3 Å². The van der Waals surface area contributed by atoms with Crippen LogP contribution in [0.4, 0.5) is 0 Å². The number of hydrogen-bond acceptors (Lipinski definition) is 3. The molecule has 5 nitrogen and oxygen atoms in total. The van der Waals surface area contributed by atoms with Crippen molar-refractivity contribution in [2.45, 2.75) is 38.1 Å². The van der Waals surface area contributed by atoms with Crippen LogP contribution in [0.1, 0.15) is 42.5 Å². The first-order valence-corrected chi connectivity index (χ1v) is 8.91. The summed E-state index contributed by atoms with van der Waals surface area (Å²) in [7, 11) is 1.89. The van der Waals surface area contributed by atoms with Crippen LogP contribution in [0.5, 0.6) is 0 Å². The number of pyridine rings is 1. The SMILES string of the molecule is Cn1nc(-c2ccc(C(=O)NC3CCCCC3)cc2)c2cccnc21. The van der Waals surface area contributed by atoms with Crippen LogP contribution < -0.4 is 5.32 Å². The molecule has 1 aliphatic rings. The van der Waals surface area contributed by atoms with Gasteiger partial charge in [-0.05, 0) is 37.1 Å². The van der Waals surface area contributed by atoms with Gasteiger partial charge in [0.2, 0.25) is 0 Å². The Kier molecular flexibility index (Phi) is 4.22. The van der Waals surface area contributed by atoms with Gasteiger partial charge in [0.1, 0.15) is 5.69 Å². The van der Waals surface area contributed by atoms with Crippen LogP contribution in [0.15, 0.2) is 42.6 Å². The van der Waals surface area contributed by atoms with Crippen molar-refractivity contribution in [3.63, 3.8) is 0 Å². The molecular weight excluding hydrogens is 312 g/mol. The number of carbonyl (C=O) groups excluding carboxylic acids is 1. The van der Waals surface area contributed by atoms with Gasteiger partial charge in [0, 0.05) is 35.8 Å². The Bertz CT molecular complexity index is 892. The molecule has 25 heavy (non-hydrogen) atoms. The number of benzene rings is 1. The summed E-state index contributed by atoms with van der Waals surface area (Å²) in [6.45, 7) is 0. The topological polar surface area (TPSA) is 59.8 Å². The largest absolute Gasteiger partial charge is 0.349 e. The molecule has 4 rings (SSSR count). The number of aryl methyl sites for hydroxylation is 1. The van der Waals surface area contributed by atoms with Gasteiger partial charge in [0.05, 0.1) is 0 Å². The number of fused-ring (bicyclic) bond motifs is 1. The van der Waals surface area contributed by atoms with Crippen LogP contribution in [-0.2, 0) is 7.05 Å². The number of carbonyl (C=O) groups is 1. The second kappa shape index (κ2) is 6.67.